The number of ether oxygens (including phenoxy) is 1. The molecule has 0 radical (unpaired) electrons. The molecule has 0 aromatic heterocycles. The molecule has 7 heteroatoms. The number of nitrogens with one attached hydrogen (secondary N) is 2. The Morgan fingerprint density at radius 3 is 2.63 bits per heavy atom. The van der Waals surface area contributed by atoms with Gasteiger partial charge in [-0.05, 0) is 59.1 Å². The Bertz CT molecular complexity index is 595. The van der Waals surface area contributed by atoms with Crippen LogP contribution in [0.4, 0.5) is 0 Å². The Kier molecular flexibility index (Phi) is 3.33. The largest absolute Gasteiger partial charge is 0.496 e. The number of methoxy groups -OCH3 is 1. The minimum absolute atomic E-state index is 0.0899. The highest BCUT2D eigenvalue weighted by molar-refractivity contribution is 9.10. The molecular weight excluding hydrogens is 332 g/mol. The van der Waals surface area contributed by atoms with E-state index in [0.29, 0.717) is 22.1 Å². The Morgan fingerprint density at radius 2 is 2.05 bits per heavy atom. The van der Waals surface area contributed by atoms with E-state index >= 15 is 0 Å². The zero-order chi connectivity index (χ0) is 13.6. The van der Waals surface area contributed by atoms with Crippen molar-refractivity contribution in [3.05, 3.63) is 22.7 Å². The highest BCUT2D eigenvalue weighted by atomic mass is 79.9. The van der Waals surface area contributed by atoms with Crippen LogP contribution < -0.4 is 14.8 Å². The van der Waals surface area contributed by atoms with Crippen LogP contribution in [0.15, 0.2) is 27.6 Å². The van der Waals surface area contributed by atoms with E-state index in [4.69, 9.17) is 4.74 Å². The van der Waals surface area contributed by atoms with Gasteiger partial charge in [0.05, 0.1) is 16.5 Å². The molecule has 19 heavy (non-hydrogen) atoms. The molecule has 104 valence electrons. The first-order valence-corrected chi connectivity index (χ1v) is 8.37. The number of fused-ring (bicyclic) bond motifs is 1. The van der Waals surface area contributed by atoms with Crippen molar-refractivity contribution in [2.24, 2.45) is 11.8 Å². The Morgan fingerprint density at radius 1 is 1.37 bits per heavy atom. The van der Waals surface area contributed by atoms with Gasteiger partial charge in [0.2, 0.25) is 10.0 Å². The molecule has 1 saturated heterocycles. The molecule has 3 rings (SSSR count). The number of sulfonamides is 1. The molecule has 0 bridgehead atoms. The molecule has 1 aromatic carbocycles. The predicted molar refractivity (Wildman–Crippen MR) is 74.7 cm³/mol. The van der Waals surface area contributed by atoms with Crippen molar-refractivity contribution in [2.45, 2.75) is 10.9 Å². The summed E-state index contributed by atoms with van der Waals surface area (Å²) in [7, 11) is -1.90. The van der Waals surface area contributed by atoms with Crippen molar-refractivity contribution in [1.29, 1.82) is 0 Å². The van der Waals surface area contributed by atoms with Gasteiger partial charge in [0, 0.05) is 6.04 Å². The lowest BCUT2D eigenvalue weighted by molar-refractivity contribution is 0.411. The summed E-state index contributed by atoms with van der Waals surface area (Å²) in [6.07, 6.45) is 0. The van der Waals surface area contributed by atoms with Gasteiger partial charge in [0.15, 0.2) is 0 Å². The summed E-state index contributed by atoms with van der Waals surface area (Å²) in [6.45, 7) is 1.81. The third kappa shape index (κ3) is 2.40. The summed E-state index contributed by atoms with van der Waals surface area (Å²) in [5.74, 6) is 1.53. The van der Waals surface area contributed by atoms with Crippen LogP contribution in [-0.2, 0) is 10.0 Å². The quantitative estimate of drug-likeness (QED) is 0.851. The van der Waals surface area contributed by atoms with Gasteiger partial charge < -0.3 is 10.1 Å². The van der Waals surface area contributed by atoms with Crippen molar-refractivity contribution in [3.63, 3.8) is 0 Å². The van der Waals surface area contributed by atoms with Crippen LogP contribution in [0.25, 0.3) is 0 Å². The standard InChI is InChI=1S/C12H15BrN2O3S/c1-18-11-3-2-7(4-10(11)13)19(16,17)15-12-8-5-14-6-9(8)12/h2-4,8-9,12,14-15H,5-6H2,1H3. The molecule has 1 saturated carbocycles. The first-order valence-electron chi connectivity index (χ1n) is 6.09. The number of piperidine rings is 1. The van der Waals surface area contributed by atoms with Crippen LogP contribution in [-0.4, -0.2) is 34.7 Å². The second-order valence-electron chi connectivity index (χ2n) is 4.93. The monoisotopic (exact) mass is 346 g/mol. The van der Waals surface area contributed by atoms with Gasteiger partial charge in [-0.1, -0.05) is 0 Å². The molecular formula is C12H15BrN2O3S. The Labute approximate surface area is 120 Å². The van der Waals surface area contributed by atoms with Crippen LogP contribution in [0, 0.1) is 11.8 Å². The molecule has 2 aliphatic rings. The van der Waals surface area contributed by atoms with Crippen LogP contribution in [0.5, 0.6) is 5.75 Å². The summed E-state index contributed by atoms with van der Waals surface area (Å²) >= 11 is 3.30. The fourth-order valence-corrected chi connectivity index (χ4v) is 4.71. The lowest BCUT2D eigenvalue weighted by atomic mass is 10.3. The topological polar surface area (TPSA) is 67.4 Å². The maximum absolute atomic E-state index is 12.3. The Hall–Kier alpha value is -0.630. The van der Waals surface area contributed by atoms with Gasteiger partial charge in [0.25, 0.3) is 0 Å². The molecule has 0 spiro atoms. The molecule has 2 N–H and O–H groups in total. The van der Waals surface area contributed by atoms with E-state index in [2.05, 4.69) is 26.0 Å². The summed E-state index contributed by atoms with van der Waals surface area (Å²) in [5.41, 5.74) is 0. The lowest BCUT2D eigenvalue weighted by Gasteiger charge is -2.10. The van der Waals surface area contributed by atoms with Crippen LogP contribution >= 0.6 is 15.9 Å². The zero-order valence-corrected chi connectivity index (χ0v) is 12.8. The maximum Gasteiger partial charge on any atom is 0.240 e. The van der Waals surface area contributed by atoms with Crippen molar-refractivity contribution < 1.29 is 13.2 Å². The average Bonchev–Trinajstić information content (AvgIpc) is 2.82. The van der Waals surface area contributed by atoms with E-state index in [-0.39, 0.29) is 10.9 Å². The molecule has 5 nitrogen and oxygen atoms in total. The van der Waals surface area contributed by atoms with Gasteiger partial charge in [-0.2, -0.15) is 0 Å². The van der Waals surface area contributed by atoms with Gasteiger partial charge in [-0.3, -0.25) is 0 Å². The molecule has 1 aliphatic heterocycles. The second-order valence-corrected chi connectivity index (χ2v) is 7.50. The third-order valence-electron chi connectivity index (χ3n) is 3.82. The highest BCUT2D eigenvalue weighted by Gasteiger charge is 2.54. The smallest absolute Gasteiger partial charge is 0.240 e. The average molecular weight is 347 g/mol. The molecule has 1 aliphatic carbocycles. The van der Waals surface area contributed by atoms with E-state index in [9.17, 15) is 8.42 Å². The van der Waals surface area contributed by atoms with E-state index < -0.39 is 10.0 Å². The predicted octanol–water partition coefficient (Wildman–Crippen LogP) is 0.954. The van der Waals surface area contributed by atoms with Crippen molar-refractivity contribution in [2.75, 3.05) is 20.2 Å². The van der Waals surface area contributed by atoms with Crippen molar-refractivity contribution in [3.8, 4) is 5.75 Å². The van der Waals surface area contributed by atoms with Crippen LogP contribution in [0.2, 0.25) is 0 Å². The fraction of sp³-hybridized carbons (Fsp3) is 0.500. The number of halogens is 1. The van der Waals surface area contributed by atoms with E-state index in [1.165, 1.54) is 0 Å². The summed E-state index contributed by atoms with van der Waals surface area (Å²) < 4.78 is 33.1. The number of benzene rings is 1. The SMILES string of the molecule is COc1ccc(S(=O)(=O)NC2C3CNCC32)cc1Br. The summed E-state index contributed by atoms with van der Waals surface area (Å²) in [5, 5.41) is 3.24. The molecule has 2 unspecified atom stereocenters. The molecule has 1 aromatic rings. The van der Waals surface area contributed by atoms with Gasteiger partial charge in [0.1, 0.15) is 5.75 Å². The van der Waals surface area contributed by atoms with E-state index in [0.717, 1.165) is 13.1 Å². The fourth-order valence-electron chi connectivity index (χ4n) is 2.65. The third-order valence-corrected chi connectivity index (χ3v) is 5.89. The first kappa shape index (κ1) is 13.4. The minimum atomic E-state index is -3.45. The van der Waals surface area contributed by atoms with Crippen molar-refractivity contribution in [1.82, 2.24) is 10.0 Å². The molecule has 0 amide bonds. The molecule has 2 atom stereocenters. The van der Waals surface area contributed by atoms with Gasteiger partial charge >= 0.3 is 0 Å². The minimum Gasteiger partial charge on any atom is -0.496 e. The van der Waals surface area contributed by atoms with Crippen LogP contribution in [0.3, 0.4) is 0 Å². The van der Waals surface area contributed by atoms with Gasteiger partial charge in [-0.15, -0.1) is 0 Å². The summed E-state index contributed by atoms with van der Waals surface area (Å²) in [4.78, 5) is 0.262. The van der Waals surface area contributed by atoms with E-state index in [1.54, 1.807) is 25.3 Å². The number of hydrogen-bond donors (Lipinski definition) is 2. The Balaban J connectivity index is 1.78. The molecule has 1 heterocycles. The first-order chi connectivity index (χ1) is 9.03. The number of hydrogen-bond acceptors (Lipinski definition) is 4. The van der Waals surface area contributed by atoms with E-state index in [1.807, 2.05) is 0 Å². The summed E-state index contributed by atoms with van der Waals surface area (Å²) in [6, 6.07) is 4.86. The molecule has 2 fully saturated rings. The second kappa shape index (κ2) is 4.73. The highest BCUT2D eigenvalue weighted by Crippen LogP contribution is 2.42. The zero-order valence-electron chi connectivity index (χ0n) is 10.4. The maximum atomic E-state index is 12.3. The number of rotatable bonds is 4. The van der Waals surface area contributed by atoms with Gasteiger partial charge in [-0.25, -0.2) is 13.1 Å². The van der Waals surface area contributed by atoms with Crippen LogP contribution in [0.1, 0.15) is 0 Å². The lowest BCUT2D eigenvalue weighted by Crippen LogP contribution is -2.32. The van der Waals surface area contributed by atoms with Crippen molar-refractivity contribution >= 4 is 26.0 Å². The normalized spacial score (nSPS) is 29.1.